The summed E-state index contributed by atoms with van der Waals surface area (Å²) in [4.78, 5) is 19.1. The highest BCUT2D eigenvalue weighted by Crippen LogP contribution is 2.27. The Bertz CT molecular complexity index is 1230. The predicted octanol–water partition coefficient (Wildman–Crippen LogP) is 1.91. The average Bonchev–Trinajstić information content (AvgIpc) is 2.87. The number of aryl methyl sites for hydroxylation is 1. The molecule has 0 bridgehead atoms. The molecule has 5 heterocycles. The van der Waals surface area contributed by atoms with Crippen molar-refractivity contribution in [2.24, 2.45) is 0 Å². The van der Waals surface area contributed by atoms with E-state index < -0.39 is 0 Å². The Labute approximate surface area is 196 Å². The van der Waals surface area contributed by atoms with E-state index >= 15 is 0 Å². The van der Waals surface area contributed by atoms with Gasteiger partial charge in [-0.05, 0) is 38.4 Å². The maximum atomic E-state index is 14.3. The molecule has 180 valence electrons. The molecule has 0 saturated carbocycles. The molecular formula is C24H29FN6O3. The molecule has 3 aromatic heterocycles. The van der Waals surface area contributed by atoms with E-state index in [-0.39, 0.29) is 11.4 Å². The lowest BCUT2D eigenvalue weighted by Crippen LogP contribution is -2.43. The van der Waals surface area contributed by atoms with E-state index in [0.717, 1.165) is 38.2 Å². The maximum Gasteiger partial charge on any atom is 0.276 e. The van der Waals surface area contributed by atoms with Gasteiger partial charge in [0.05, 0.1) is 22.9 Å². The van der Waals surface area contributed by atoms with Crippen LogP contribution in [-0.2, 0) is 19.5 Å². The number of likely N-dealkylation sites (tertiary alicyclic amines) is 1. The molecule has 1 N–H and O–H groups in total. The standard InChI is InChI=1S/C24H29FN6O3/c1-2-18-19(25)15-27-20-3-4-22(32)31(23(18)20)10-9-30-7-5-16(6-8-30)26-14-17-13-21-24(29-28-17)34-12-11-33-21/h3-4,13,15-16,26H,2,5-12,14H2,1H3. The Morgan fingerprint density at radius 1 is 1.15 bits per heavy atom. The van der Waals surface area contributed by atoms with Crippen LogP contribution < -0.4 is 20.3 Å². The van der Waals surface area contributed by atoms with Crippen molar-refractivity contribution in [1.82, 2.24) is 30.0 Å². The van der Waals surface area contributed by atoms with Gasteiger partial charge in [0.15, 0.2) is 5.75 Å². The zero-order valence-electron chi connectivity index (χ0n) is 19.3. The number of hydrogen-bond donors (Lipinski definition) is 1. The highest BCUT2D eigenvalue weighted by atomic mass is 19.1. The number of hydrogen-bond acceptors (Lipinski definition) is 8. The maximum absolute atomic E-state index is 14.3. The summed E-state index contributed by atoms with van der Waals surface area (Å²) < 4.78 is 27.0. The van der Waals surface area contributed by atoms with E-state index in [1.165, 1.54) is 12.3 Å². The van der Waals surface area contributed by atoms with Gasteiger partial charge in [-0.1, -0.05) is 6.92 Å². The molecular weight excluding hydrogens is 439 g/mol. The van der Waals surface area contributed by atoms with E-state index in [4.69, 9.17) is 9.47 Å². The molecule has 1 fully saturated rings. The first kappa shape index (κ1) is 22.7. The third kappa shape index (κ3) is 4.74. The second kappa shape index (κ2) is 10.0. The van der Waals surface area contributed by atoms with Crippen molar-refractivity contribution in [2.75, 3.05) is 32.8 Å². The number of fused-ring (bicyclic) bond motifs is 2. The molecule has 3 aromatic rings. The summed E-state index contributed by atoms with van der Waals surface area (Å²) >= 11 is 0. The lowest BCUT2D eigenvalue weighted by molar-refractivity contribution is 0.161. The van der Waals surface area contributed by atoms with Crippen molar-refractivity contribution in [3.05, 3.63) is 51.8 Å². The number of piperidine rings is 1. The average molecular weight is 469 g/mol. The third-order valence-electron chi connectivity index (χ3n) is 6.56. The fourth-order valence-corrected chi connectivity index (χ4v) is 4.70. The van der Waals surface area contributed by atoms with Crippen LogP contribution in [0.5, 0.6) is 11.6 Å². The molecule has 0 unspecified atom stereocenters. The topological polar surface area (TPSA) is 94.4 Å². The second-order valence-corrected chi connectivity index (χ2v) is 8.69. The predicted molar refractivity (Wildman–Crippen MR) is 125 cm³/mol. The molecule has 9 nitrogen and oxygen atoms in total. The van der Waals surface area contributed by atoms with Gasteiger partial charge in [0.1, 0.15) is 19.0 Å². The quantitative estimate of drug-likeness (QED) is 0.562. The van der Waals surface area contributed by atoms with Crippen molar-refractivity contribution >= 4 is 11.0 Å². The van der Waals surface area contributed by atoms with E-state index in [1.54, 1.807) is 10.6 Å². The van der Waals surface area contributed by atoms with Crippen molar-refractivity contribution in [2.45, 2.75) is 45.3 Å². The van der Waals surface area contributed by atoms with Gasteiger partial charge in [-0.15, -0.1) is 5.10 Å². The van der Waals surface area contributed by atoms with Crippen LogP contribution >= 0.6 is 0 Å². The summed E-state index contributed by atoms with van der Waals surface area (Å²) in [6.07, 6.45) is 3.75. The molecule has 0 amide bonds. The fraction of sp³-hybridized carbons (Fsp3) is 0.500. The number of nitrogens with zero attached hydrogens (tertiary/aromatic N) is 5. The Morgan fingerprint density at radius 3 is 2.79 bits per heavy atom. The third-order valence-corrected chi connectivity index (χ3v) is 6.56. The number of ether oxygens (including phenoxy) is 2. The van der Waals surface area contributed by atoms with Crippen molar-refractivity contribution < 1.29 is 13.9 Å². The highest BCUT2D eigenvalue weighted by Gasteiger charge is 2.21. The lowest BCUT2D eigenvalue weighted by atomic mass is 10.0. The summed E-state index contributed by atoms with van der Waals surface area (Å²) in [5, 5.41) is 11.9. The molecule has 0 atom stereocenters. The van der Waals surface area contributed by atoms with Crippen LogP contribution in [0.4, 0.5) is 4.39 Å². The van der Waals surface area contributed by atoms with Crippen LogP contribution in [0.3, 0.4) is 0 Å². The molecule has 5 rings (SSSR count). The Kier molecular flexibility index (Phi) is 6.68. The van der Waals surface area contributed by atoms with Crippen LogP contribution in [0, 0.1) is 5.82 Å². The van der Waals surface area contributed by atoms with Gasteiger partial charge < -0.3 is 24.3 Å². The molecule has 2 aliphatic heterocycles. The normalized spacial score (nSPS) is 16.8. The highest BCUT2D eigenvalue weighted by molar-refractivity contribution is 5.78. The van der Waals surface area contributed by atoms with Gasteiger partial charge in [-0.25, -0.2) is 4.39 Å². The minimum atomic E-state index is -0.357. The van der Waals surface area contributed by atoms with Crippen molar-refractivity contribution in [1.29, 1.82) is 0 Å². The number of aromatic nitrogens is 4. The number of rotatable bonds is 7. The van der Waals surface area contributed by atoms with Gasteiger partial charge in [-0.2, -0.15) is 5.10 Å². The number of pyridine rings is 2. The first-order valence-electron chi connectivity index (χ1n) is 11.9. The van der Waals surface area contributed by atoms with Gasteiger partial charge >= 0.3 is 0 Å². The van der Waals surface area contributed by atoms with Crippen molar-refractivity contribution in [3.8, 4) is 11.6 Å². The summed E-state index contributed by atoms with van der Waals surface area (Å²) in [6, 6.07) is 5.46. The largest absolute Gasteiger partial charge is 0.484 e. The van der Waals surface area contributed by atoms with Gasteiger partial charge in [0, 0.05) is 43.4 Å². The van der Waals surface area contributed by atoms with E-state index in [1.807, 2.05) is 13.0 Å². The Balaban J connectivity index is 1.16. The number of nitrogens with one attached hydrogen (secondary N) is 1. The molecule has 0 aliphatic carbocycles. The zero-order valence-corrected chi connectivity index (χ0v) is 19.3. The first-order valence-corrected chi connectivity index (χ1v) is 11.9. The first-order chi connectivity index (χ1) is 16.6. The SMILES string of the molecule is CCc1c(F)cnc2ccc(=O)n(CCN3CCC(NCc4cc5c(nn4)OCCO5)CC3)c12. The van der Waals surface area contributed by atoms with E-state index in [0.29, 0.717) is 67.0 Å². The monoisotopic (exact) mass is 468 g/mol. The van der Waals surface area contributed by atoms with Crippen LogP contribution in [0.25, 0.3) is 11.0 Å². The van der Waals surface area contributed by atoms with Gasteiger partial charge in [-0.3, -0.25) is 9.78 Å². The summed E-state index contributed by atoms with van der Waals surface area (Å²) in [5.41, 5.74) is 2.53. The molecule has 0 radical (unpaired) electrons. The Morgan fingerprint density at radius 2 is 1.97 bits per heavy atom. The van der Waals surface area contributed by atoms with Crippen LogP contribution in [0.15, 0.2) is 29.2 Å². The summed E-state index contributed by atoms with van der Waals surface area (Å²) in [7, 11) is 0. The van der Waals surface area contributed by atoms with Crippen LogP contribution in [0.2, 0.25) is 0 Å². The smallest absolute Gasteiger partial charge is 0.276 e. The van der Waals surface area contributed by atoms with Gasteiger partial charge in [0.25, 0.3) is 11.4 Å². The molecule has 10 heteroatoms. The Hall–Kier alpha value is -3.11. The molecule has 0 aromatic carbocycles. The minimum Gasteiger partial charge on any atom is -0.484 e. The van der Waals surface area contributed by atoms with Crippen molar-refractivity contribution in [3.63, 3.8) is 0 Å². The molecule has 34 heavy (non-hydrogen) atoms. The van der Waals surface area contributed by atoms with Crippen LogP contribution in [-0.4, -0.2) is 63.5 Å². The molecule has 0 spiro atoms. The minimum absolute atomic E-state index is 0.119. The summed E-state index contributed by atoms with van der Waals surface area (Å²) in [5.74, 6) is 0.750. The molecule has 2 aliphatic rings. The summed E-state index contributed by atoms with van der Waals surface area (Å²) in [6.45, 7) is 6.65. The second-order valence-electron chi connectivity index (χ2n) is 8.69. The number of halogens is 1. The zero-order chi connectivity index (χ0) is 23.5. The molecule has 1 saturated heterocycles. The van der Waals surface area contributed by atoms with E-state index in [2.05, 4.69) is 25.4 Å². The van der Waals surface area contributed by atoms with Gasteiger partial charge in [0.2, 0.25) is 0 Å². The van der Waals surface area contributed by atoms with E-state index in [9.17, 15) is 9.18 Å². The fourth-order valence-electron chi connectivity index (χ4n) is 4.70. The lowest BCUT2D eigenvalue weighted by Gasteiger charge is -2.32. The van der Waals surface area contributed by atoms with Crippen LogP contribution in [0.1, 0.15) is 31.0 Å².